The van der Waals surface area contributed by atoms with Crippen molar-refractivity contribution < 1.29 is 14.3 Å². The zero-order chi connectivity index (χ0) is 14.4. The number of hydrogen-bond acceptors (Lipinski definition) is 4. The molecule has 1 unspecified atom stereocenters. The Bertz CT molecular complexity index is 461. The number of nitrogens with zero attached hydrogens (tertiary/aromatic N) is 2. The quantitative estimate of drug-likeness (QED) is 0.780. The van der Waals surface area contributed by atoms with Crippen molar-refractivity contribution in [2.24, 2.45) is 5.92 Å². The van der Waals surface area contributed by atoms with Crippen LogP contribution in [-0.2, 0) is 20.7 Å². The van der Waals surface area contributed by atoms with Gasteiger partial charge in [0.2, 0.25) is 5.91 Å². The van der Waals surface area contributed by atoms with Crippen LogP contribution in [0.1, 0.15) is 25.3 Å². The van der Waals surface area contributed by atoms with E-state index in [4.69, 9.17) is 4.74 Å². The SMILES string of the molecule is CCOC(=O)C1CCCN(C(=O)Cc2ccncc2)C1. The number of ether oxygens (including phenoxy) is 1. The second-order valence-corrected chi connectivity index (χ2v) is 4.96. The summed E-state index contributed by atoms with van der Waals surface area (Å²) in [6.45, 7) is 3.38. The van der Waals surface area contributed by atoms with Crippen LogP contribution in [0.15, 0.2) is 24.5 Å². The van der Waals surface area contributed by atoms with Crippen LogP contribution in [0.25, 0.3) is 0 Å². The van der Waals surface area contributed by atoms with Crippen molar-refractivity contribution in [3.05, 3.63) is 30.1 Å². The second kappa shape index (κ2) is 7.03. The summed E-state index contributed by atoms with van der Waals surface area (Å²) in [7, 11) is 0. The molecule has 0 radical (unpaired) electrons. The molecule has 5 heteroatoms. The van der Waals surface area contributed by atoms with Crippen LogP contribution < -0.4 is 0 Å². The number of piperidine rings is 1. The Balaban J connectivity index is 1.91. The Hall–Kier alpha value is -1.91. The van der Waals surface area contributed by atoms with Crippen LogP contribution in [0.2, 0.25) is 0 Å². The number of esters is 1. The Morgan fingerprint density at radius 1 is 1.40 bits per heavy atom. The molecule has 1 aromatic heterocycles. The van der Waals surface area contributed by atoms with Crippen LogP contribution in [0.4, 0.5) is 0 Å². The first-order valence-corrected chi connectivity index (χ1v) is 7.04. The zero-order valence-corrected chi connectivity index (χ0v) is 11.7. The van der Waals surface area contributed by atoms with Crippen LogP contribution in [-0.4, -0.2) is 41.5 Å². The molecule has 20 heavy (non-hydrogen) atoms. The van der Waals surface area contributed by atoms with Gasteiger partial charge in [-0.1, -0.05) is 0 Å². The van der Waals surface area contributed by atoms with Gasteiger partial charge in [0.05, 0.1) is 18.9 Å². The van der Waals surface area contributed by atoms with Gasteiger partial charge in [-0.05, 0) is 37.5 Å². The van der Waals surface area contributed by atoms with E-state index < -0.39 is 0 Å². The summed E-state index contributed by atoms with van der Waals surface area (Å²) >= 11 is 0. The van der Waals surface area contributed by atoms with Crippen LogP contribution in [0, 0.1) is 5.92 Å². The highest BCUT2D eigenvalue weighted by atomic mass is 16.5. The van der Waals surface area contributed by atoms with Gasteiger partial charge in [0.15, 0.2) is 0 Å². The van der Waals surface area contributed by atoms with Gasteiger partial charge in [-0.2, -0.15) is 0 Å². The number of aromatic nitrogens is 1. The molecule has 1 aliphatic heterocycles. The third-order valence-electron chi connectivity index (χ3n) is 3.50. The minimum Gasteiger partial charge on any atom is -0.466 e. The predicted molar refractivity (Wildman–Crippen MR) is 73.9 cm³/mol. The fraction of sp³-hybridized carbons (Fsp3) is 0.533. The maximum absolute atomic E-state index is 12.2. The molecular formula is C15H20N2O3. The average Bonchev–Trinajstić information content (AvgIpc) is 2.48. The minimum absolute atomic E-state index is 0.0604. The molecule has 0 spiro atoms. The lowest BCUT2D eigenvalue weighted by atomic mass is 9.97. The first-order valence-electron chi connectivity index (χ1n) is 7.04. The van der Waals surface area contributed by atoms with E-state index in [1.807, 2.05) is 12.1 Å². The van der Waals surface area contributed by atoms with Crippen molar-refractivity contribution in [1.82, 2.24) is 9.88 Å². The maximum atomic E-state index is 12.2. The normalized spacial score (nSPS) is 18.6. The smallest absolute Gasteiger partial charge is 0.310 e. The molecule has 1 atom stereocenters. The third kappa shape index (κ3) is 3.79. The molecule has 0 saturated carbocycles. The Kier molecular flexibility index (Phi) is 5.09. The van der Waals surface area contributed by atoms with Gasteiger partial charge in [0.1, 0.15) is 0 Å². The molecule has 0 bridgehead atoms. The first kappa shape index (κ1) is 14.5. The highest BCUT2D eigenvalue weighted by molar-refractivity contribution is 5.80. The summed E-state index contributed by atoms with van der Waals surface area (Å²) in [5.41, 5.74) is 0.947. The number of carbonyl (C=O) groups is 2. The lowest BCUT2D eigenvalue weighted by Gasteiger charge is -2.31. The molecule has 108 valence electrons. The van der Waals surface area contributed by atoms with E-state index in [-0.39, 0.29) is 17.8 Å². The van der Waals surface area contributed by atoms with Crippen molar-refractivity contribution >= 4 is 11.9 Å². The van der Waals surface area contributed by atoms with Crippen LogP contribution in [0.5, 0.6) is 0 Å². The molecule has 1 aromatic rings. The minimum atomic E-state index is -0.186. The van der Waals surface area contributed by atoms with Crippen molar-refractivity contribution in [2.75, 3.05) is 19.7 Å². The lowest BCUT2D eigenvalue weighted by Crippen LogP contribution is -2.43. The molecule has 1 saturated heterocycles. The van der Waals surface area contributed by atoms with E-state index >= 15 is 0 Å². The molecule has 1 aliphatic rings. The fourth-order valence-electron chi connectivity index (χ4n) is 2.44. The predicted octanol–water partition coefficient (Wildman–Crippen LogP) is 1.43. The average molecular weight is 276 g/mol. The molecule has 0 N–H and O–H groups in total. The number of pyridine rings is 1. The molecule has 5 nitrogen and oxygen atoms in total. The summed E-state index contributed by atoms with van der Waals surface area (Å²) in [5, 5.41) is 0. The van der Waals surface area contributed by atoms with Gasteiger partial charge in [0.25, 0.3) is 0 Å². The van der Waals surface area contributed by atoms with Gasteiger partial charge in [0, 0.05) is 25.5 Å². The molecule has 2 rings (SSSR count). The molecule has 0 aromatic carbocycles. The number of likely N-dealkylation sites (tertiary alicyclic amines) is 1. The van der Waals surface area contributed by atoms with Crippen molar-refractivity contribution in [3.8, 4) is 0 Å². The maximum Gasteiger partial charge on any atom is 0.310 e. The number of amides is 1. The molecule has 1 fully saturated rings. The monoisotopic (exact) mass is 276 g/mol. The first-order chi connectivity index (χ1) is 9.70. The third-order valence-corrected chi connectivity index (χ3v) is 3.50. The Morgan fingerprint density at radius 3 is 2.85 bits per heavy atom. The number of rotatable bonds is 4. The van der Waals surface area contributed by atoms with Gasteiger partial charge in [-0.15, -0.1) is 0 Å². The topological polar surface area (TPSA) is 59.5 Å². The summed E-state index contributed by atoms with van der Waals surface area (Å²) in [5.74, 6) is -0.302. The van der Waals surface area contributed by atoms with E-state index in [9.17, 15) is 9.59 Å². The molecule has 1 amide bonds. The summed E-state index contributed by atoms with van der Waals surface area (Å²) in [6, 6.07) is 3.68. The Morgan fingerprint density at radius 2 is 2.15 bits per heavy atom. The summed E-state index contributed by atoms with van der Waals surface area (Å²) < 4.78 is 5.04. The van der Waals surface area contributed by atoms with Gasteiger partial charge in [-0.25, -0.2) is 0 Å². The van der Waals surface area contributed by atoms with E-state index in [0.29, 0.717) is 19.6 Å². The van der Waals surface area contributed by atoms with Crippen LogP contribution in [0.3, 0.4) is 0 Å². The van der Waals surface area contributed by atoms with E-state index in [1.54, 1.807) is 24.2 Å². The molecular weight excluding hydrogens is 256 g/mol. The van der Waals surface area contributed by atoms with E-state index in [1.165, 1.54) is 0 Å². The highest BCUT2D eigenvalue weighted by Crippen LogP contribution is 2.18. The van der Waals surface area contributed by atoms with Gasteiger partial charge < -0.3 is 9.64 Å². The van der Waals surface area contributed by atoms with Crippen LogP contribution >= 0.6 is 0 Å². The molecule has 2 heterocycles. The van der Waals surface area contributed by atoms with Gasteiger partial charge in [-0.3, -0.25) is 14.6 Å². The lowest BCUT2D eigenvalue weighted by molar-refractivity contribution is -0.151. The highest BCUT2D eigenvalue weighted by Gasteiger charge is 2.29. The van der Waals surface area contributed by atoms with Crippen molar-refractivity contribution in [2.45, 2.75) is 26.2 Å². The second-order valence-electron chi connectivity index (χ2n) is 4.96. The van der Waals surface area contributed by atoms with E-state index in [2.05, 4.69) is 4.98 Å². The summed E-state index contributed by atoms with van der Waals surface area (Å²) in [4.78, 5) is 29.7. The molecule has 0 aliphatic carbocycles. The fourth-order valence-corrected chi connectivity index (χ4v) is 2.44. The number of hydrogen-bond donors (Lipinski definition) is 0. The largest absolute Gasteiger partial charge is 0.466 e. The standard InChI is InChI=1S/C15H20N2O3/c1-2-20-15(19)13-4-3-9-17(11-13)14(18)10-12-5-7-16-8-6-12/h5-8,13H,2-4,9-11H2,1H3. The number of carbonyl (C=O) groups excluding carboxylic acids is 2. The summed E-state index contributed by atoms with van der Waals surface area (Å²) in [6.07, 6.45) is 5.38. The Labute approximate surface area is 118 Å². The van der Waals surface area contributed by atoms with Crippen molar-refractivity contribution in [1.29, 1.82) is 0 Å². The van der Waals surface area contributed by atoms with Gasteiger partial charge >= 0.3 is 5.97 Å². The zero-order valence-electron chi connectivity index (χ0n) is 11.7. The van der Waals surface area contributed by atoms with E-state index in [0.717, 1.165) is 24.9 Å². The van der Waals surface area contributed by atoms with Crippen molar-refractivity contribution in [3.63, 3.8) is 0 Å².